The van der Waals surface area contributed by atoms with Crippen LogP contribution in [0.1, 0.15) is 5.56 Å². The van der Waals surface area contributed by atoms with Gasteiger partial charge < -0.3 is 13.9 Å². The zero-order valence-electron chi connectivity index (χ0n) is 14.3. The summed E-state index contributed by atoms with van der Waals surface area (Å²) in [5, 5.41) is 0. The zero-order chi connectivity index (χ0) is 18.6. The molecule has 3 rings (SSSR count). The number of hydrogen-bond donors (Lipinski definition) is 1. The van der Waals surface area contributed by atoms with Crippen molar-refractivity contribution in [1.29, 1.82) is 0 Å². The molecule has 26 heavy (non-hydrogen) atoms. The molecule has 136 valence electrons. The number of hydrogen-bond acceptors (Lipinski definition) is 6. The van der Waals surface area contributed by atoms with Crippen molar-refractivity contribution in [2.24, 2.45) is 0 Å². The number of pyridine rings is 1. The second-order valence-electron chi connectivity index (χ2n) is 5.37. The molecule has 3 aromatic rings. The molecule has 2 aromatic heterocycles. The number of benzene rings is 1. The molecule has 1 N–H and O–H groups in total. The third-order valence-corrected chi connectivity index (χ3v) is 5.13. The quantitative estimate of drug-likeness (QED) is 0.684. The van der Waals surface area contributed by atoms with Crippen LogP contribution < -0.4 is 14.2 Å². The highest BCUT2D eigenvalue weighted by molar-refractivity contribution is 7.89. The fourth-order valence-electron chi connectivity index (χ4n) is 2.34. The van der Waals surface area contributed by atoms with E-state index in [0.29, 0.717) is 23.0 Å². The Balaban J connectivity index is 1.72. The highest BCUT2D eigenvalue weighted by atomic mass is 32.2. The van der Waals surface area contributed by atoms with Gasteiger partial charge in [-0.1, -0.05) is 6.07 Å². The summed E-state index contributed by atoms with van der Waals surface area (Å²) in [5.41, 5.74) is 1.41. The Morgan fingerprint density at radius 3 is 2.50 bits per heavy atom. The molecule has 0 fully saturated rings. The fraction of sp³-hybridized carbons (Fsp3) is 0.167. The van der Waals surface area contributed by atoms with Gasteiger partial charge in [0.1, 0.15) is 5.69 Å². The summed E-state index contributed by atoms with van der Waals surface area (Å²) in [5.74, 6) is 1.46. The summed E-state index contributed by atoms with van der Waals surface area (Å²) in [6.45, 7) is 0.113. The third-order valence-electron chi connectivity index (χ3n) is 3.73. The van der Waals surface area contributed by atoms with Crippen molar-refractivity contribution >= 4 is 10.0 Å². The van der Waals surface area contributed by atoms with E-state index in [-0.39, 0.29) is 11.4 Å². The van der Waals surface area contributed by atoms with Gasteiger partial charge in [0, 0.05) is 18.8 Å². The van der Waals surface area contributed by atoms with Crippen molar-refractivity contribution in [2.75, 3.05) is 14.2 Å². The van der Waals surface area contributed by atoms with Crippen LogP contribution in [0.3, 0.4) is 0 Å². The minimum Gasteiger partial charge on any atom is -0.493 e. The minimum atomic E-state index is -3.70. The van der Waals surface area contributed by atoms with Gasteiger partial charge in [-0.2, -0.15) is 0 Å². The van der Waals surface area contributed by atoms with E-state index in [9.17, 15) is 8.42 Å². The summed E-state index contributed by atoms with van der Waals surface area (Å²) in [6, 6.07) is 11.6. The molecule has 0 atom stereocenters. The average molecular weight is 374 g/mol. The van der Waals surface area contributed by atoms with Gasteiger partial charge in [-0.15, -0.1) is 0 Å². The van der Waals surface area contributed by atoms with Crippen LogP contribution >= 0.6 is 0 Å². The smallest absolute Gasteiger partial charge is 0.241 e. The molecule has 0 aliphatic carbocycles. The van der Waals surface area contributed by atoms with Crippen LogP contribution in [0.15, 0.2) is 64.2 Å². The molecule has 1 aromatic carbocycles. The van der Waals surface area contributed by atoms with Crippen LogP contribution in [0.5, 0.6) is 11.5 Å². The second-order valence-corrected chi connectivity index (χ2v) is 7.14. The van der Waals surface area contributed by atoms with E-state index in [4.69, 9.17) is 13.9 Å². The number of rotatable bonds is 7. The summed E-state index contributed by atoms with van der Waals surface area (Å²) in [4.78, 5) is 4.37. The average Bonchev–Trinajstić information content (AvgIpc) is 3.21. The Labute approximate surface area is 151 Å². The van der Waals surface area contributed by atoms with E-state index in [1.807, 2.05) is 6.07 Å². The molecule has 7 nitrogen and oxygen atoms in total. The Bertz CT molecular complexity index is 967. The van der Waals surface area contributed by atoms with Gasteiger partial charge in [0.2, 0.25) is 10.0 Å². The van der Waals surface area contributed by atoms with Crippen molar-refractivity contribution < 1.29 is 22.3 Å². The van der Waals surface area contributed by atoms with E-state index >= 15 is 0 Å². The van der Waals surface area contributed by atoms with Gasteiger partial charge in [0.25, 0.3) is 0 Å². The van der Waals surface area contributed by atoms with Crippen molar-refractivity contribution in [2.45, 2.75) is 11.4 Å². The summed E-state index contributed by atoms with van der Waals surface area (Å²) in [7, 11) is -0.759. The third kappa shape index (κ3) is 3.87. The van der Waals surface area contributed by atoms with Crippen molar-refractivity contribution in [1.82, 2.24) is 9.71 Å². The molecular weight excluding hydrogens is 356 g/mol. The van der Waals surface area contributed by atoms with E-state index in [1.54, 1.807) is 36.7 Å². The number of ether oxygens (including phenoxy) is 2. The maximum absolute atomic E-state index is 12.5. The summed E-state index contributed by atoms with van der Waals surface area (Å²) in [6.07, 6.45) is 3.18. The Morgan fingerprint density at radius 1 is 1.08 bits per heavy atom. The second kappa shape index (κ2) is 7.59. The lowest BCUT2D eigenvalue weighted by molar-refractivity contribution is 0.354. The van der Waals surface area contributed by atoms with Gasteiger partial charge in [-0.05, 0) is 35.9 Å². The van der Waals surface area contributed by atoms with E-state index < -0.39 is 10.0 Å². The molecule has 0 unspecified atom stereocenters. The zero-order valence-corrected chi connectivity index (χ0v) is 15.1. The Morgan fingerprint density at radius 2 is 1.88 bits per heavy atom. The number of nitrogens with one attached hydrogen (secondary N) is 1. The lowest BCUT2D eigenvalue weighted by atomic mass is 10.2. The number of methoxy groups -OCH3 is 2. The Kier molecular flexibility index (Phi) is 5.24. The van der Waals surface area contributed by atoms with Crippen molar-refractivity contribution in [3.05, 3.63) is 60.5 Å². The first-order chi connectivity index (χ1) is 12.5. The summed E-state index contributed by atoms with van der Waals surface area (Å²) >= 11 is 0. The lowest BCUT2D eigenvalue weighted by Gasteiger charge is -2.11. The first kappa shape index (κ1) is 18.0. The van der Waals surface area contributed by atoms with E-state index in [2.05, 4.69) is 9.71 Å². The Hall–Kier alpha value is -2.84. The molecule has 0 saturated heterocycles. The summed E-state index contributed by atoms with van der Waals surface area (Å²) < 4.78 is 43.1. The monoisotopic (exact) mass is 374 g/mol. The topological polar surface area (TPSA) is 90.7 Å². The van der Waals surface area contributed by atoms with Crippen molar-refractivity contribution in [3.8, 4) is 23.0 Å². The number of sulfonamides is 1. The first-order valence-electron chi connectivity index (χ1n) is 7.74. The van der Waals surface area contributed by atoms with Gasteiger partial charge >= 0.3 is 0 Å². The highest BCUT2D eigenvalue weighted by Crippen LogP contribution is 2.29. The van der Waals surface area contributed by atoms with Crippen molar-refractivity contribution in [3.63, 3.8) is 0 Å². The maximum atomic E-state index is 12.5. The fourth-order valence-corrected chi connectivity index (χ4v) is 3.38. The van der Waals surface area contributed by atoms with Gasteiger partial charge in [0.05, 0.1) is 25.4 Å². The standard InChI is InChI=1S/C18H18N2O5S/c1-23-17-8-6-14(10-18(17)24-2)26(21,22)20-12-13-5-7-15(19-11-13)16-4-3-9-25-16/h3-11,20H,12H2,1-2H3. The number of furan rings is 1. The molecule has 0 radical (unpaired) electrons. The van der Waals surface area contributed by atoms with Crippen LogP contribution in [0.4, 0.5) is 0 Å². The molecular formula is C18H18N2O5S. The largest absolute Gasteiger partial charge is 0.493 e. The van der Waals surface area contributed by atoms with Gasteiger partial charge in [-0.25, -0.2) is 13.1 Å². The number of nitrogens with zero attached hydrogens (tertiary/aromatic N) is 1. The molecule has 0 saturated carbocycles. The van der Waals surface area contributed by atoms with E-state index in [0.717, 1.165) is 5.56 Å². The number of aromatic nitrogens is 1. The van der Waals surface area contributed by atoms with Crippen LogP contribution in [0.2, 0.25) is 0 Å². The molecule has 0 aliphatic heterocycles. The SMILES string of the molecule is COc1ccc(S(=O)(=O)NCc2ccc(-c3ccco3)nc2)cc1OC. The molecule has 0 bridgehead atoms. The van der Waals surface area contributed by atoms with Gasteiger partial charge in [0.15, 0.2) is 17.3 Å². The molecule has 0 aliphatic rings. The molecule has 8 heteroatoms. The molecule has 2 heterocycles. The minimum absolute atomic E-state index is 0.0929. The van der Waals surface area contributed by atoms with Crippen LogP contribution in [0, 0.1) is 0 Å². The lowest BCUT2D eigenvalue weighted by Crippen LogP contribution is -2.23. The highest BCUT2D eigenvalue weighted by Gasteiger charge is 2.17. The predicted molar refractivity (Wildman–Crippen MR) is 95.5 cm³/mol. The van der Waals surface area contributed by atoms with Gasteiger partial charge in [-0.3, -0.25) is 4.98 Å². The van der Waals surface area contributed by atoms with Crippen LogP contribution in [-0.4, -0.2) is 27.6 Å². The van der Waals surface area contributed by atoms with Crippen LogP contribution in [-0.2, 0) is 16.6 Å². The maximum Gasteiger partial charge on any atom is 0.241 e. The molecule has 0 amide bonds. The van der Waals surface area contributed by atoms with E-state index in [1.165, 1.54) is 26.4 Å². The predicted octanol–water partition coefficient (Wildman–Crippen LogP) is 2.84. The molecule has 0 spiro atoms. The van der Waals surface area contributed by atoms with Crippen LogP contribution in [0.25, 0.3) is 11.5 Å². The first-order valence-corrected chi connectivity index (χ1v) is 9.22. The normalized spacial score (nSPS) is 11.3.